The van der Waals surface area contributed by atoms with Crippen LogP contribution in [0.2, 0.25) is 0 Å². The maximum Gasteiger partial charge on any atom is 0.119 e. The monoisotopic (exact) mass is 256 g/mol. The van der Waals surface area contributed by atoms with E-state index < -0.39 is 0 Å². The van der Waals surface area contributed by atoms with E-state index >= 15 is 0 Å². The quantitative estimate of drug-likeness (QED) is 0.854. The third kappa shape index (κ3) is 2.99. The second-order valence-corrected chi connectivity index (χ2v) is 4.70. The fourth-order valence-electron chi connectivity index (χ4n) is 2.18. The summed E-state index contributed by atoms with van der Waals surface area (Å²) >= 11 is 0. The molecule has 2 N–H and O–H groups in total. The van der Waals surface area contributed by atoms with E-state index in [0.29, 0.717) is 0 Å². The Kier molecular flexibility index (Phi) is 3.95. The Bertz CT molecular complexity index is 566. The Morgan fingerprint density at radius 3 is 2.63 bits per heavy atom. The first-order valence-corrected chi connectivity index (χ1v) is 6.31. The molecule has 0 saturated heterocycles. The summed E-state index contributed by atoms with van der Waals surface area (Å²) in [6.45, 7) is 2.87. The number of nitrogen functional groups attached to an aromatic ring is 1. The average Bonchev–Trinajstić information content (AvgIpc) is 2.42. The maximum absolute atomic E-state index is 5.95. The second-order valence-electron chi connectivity index (χ2n) is 4.70. The first-order valence-electron chi connectivity index (χ1n) is 6.31. The number of methoxy groups -OCH3 is 1. The lowest BCUT2D eigenvalue weighted by Gasteiger charge is -2.22. The minimum Gasteiger partial charge on any atom is -0.497 e. The third-order valence-electron chi connectivity index (χ3n) is 3.31. The lowest BCUT2D eigenvalue weighted by molar-refractivity contribution is 0.414. The van der Waals surface area contributed by atoms with Crippen LogP contribution in [0, 0.1) is 6.92 Å². The highest BCUT2D eigenvalue weighted by atomic mass is 16.5. The van der Waals surface area contributed by atoms with Gasteiger partial charge in [-0.25, -0.2) is 0 Å². The van der Waals surface area contributed by atoms with Crippen molar-refractivity contribution < 1.29 is 4.74 Å². The summed E-state index contributed by atoms with van der Waals surface area (Å²) in [4.78, 5) is 2.19. The Hall–Kier alpha value is -2.16. The van der Waals surface area contributed by atoms with Crippen LogP contribution in [0.15, 0.2) is 42.5 Å². The molecule has 0 atom stereocenters. The zero-order valence-corrected chi connectivity index (χ0v) is 11.7. The average molecular weight is 256 g/mol. The molecule has 0 radical (unpaired) electrons. The van der Waals surface area contributed by atoms with Crippen LogP contribution in [0.1, 0.15) is 11.1 Å². The predicted octanol–water partition coefficient (Wildman–Crippen LogP) is 3.22. The third-order valence-corrected chi connectivity index (χ3v) is 3.31. The van der Waals surface area contributed by atoms with Gasteiger partial charge in [0, 0.05) is 25.0 Å². The van der Waals surface area contributed by atoms with E-state index in [2.05, 4.69) is 30.1 Å². The Balaban J connectivity index is 2.20. The van der Waals surface area contributed by atoms with Gasteiger partial charge in [-0.2, -0.15) is 0 Å². The van der Waals surface area contributed by atoms with Crippen molar-refractivity contribution in [2.75, 3.05) is 24.8 Å². The van der Waals surface area contributed by atoms with E-state index in [1.807, 2.05) is 31.2 Å². The molecule has 2 rings (SSSR count). The summed E-state index contributed by atoms with van der Waals surface area (Å²) in [5, 5.41) is 0. The van der Waals surface area contributed by atoms with Gasteiger partial charge in [0.1, 0.15) is 5.75 Å². The molecule has 3 nitrogen and oxygen atoms in total. The van der Waals surface area contributed by atoms with Gasteiger partial charge in [0.25, 0.3) is 0 Å². The van der Waals surface area contributed by atoms with Crippen LogP contribution < -0.4 is 15.4 Å². The molecule has 0 aliphatic heterocycles. The molecule has 0 fully saturated rings. The molecule has 0 aromatic heterocycles. The van der Waals surface area contributed by atoms with Crippen LogP contribution in [0.25, 0.3) is 0 Å². The molecule has 0 aliphatic carbocycles. The number of ether oxygens (including phenoxy) is 1. The summed E-state index contributed by atoms with van der Waals surface area (Å²) < 4.78 is 5.25. The summed E-state index contributed by atoms with van der Waals surface area (Å²) in [7, 11) is 3.76. The van der Waals surface area contributed by atoms with Crippen LogP contribution in [0.4, 0.5) is 11.4 Å². The van der Waals surface area contributed by atoms with E-state index in [1.165, 1.54) is 5.56 Å². The van der Waals surface area contributed by atoms with Gasteiger partial charge in [-0.05, 0) is 42.3 Å². The van der Waals surface area contributed by atoms with E-state index in [0.717, 1.165) is 29.2 Å². The minimum absolute atomic E-state index is 0.821. The van der Waals surface area contributed by atoms with Crippen LogP contribution >= 0.6 is 0 Å². The fourth-order valence-corrected chi connectivity index (χ4v) is 2.18. The number of hydrogen-bond acceptors (Lipinski definition) is 3. The van der Waals surface area contributed by atoms with Gasteiger partial charge >= 0.3 is 0 Å². The van der Waals surface area contributed by atoms with E-state index in [9.17, 15) is 0 Å². The largest absolute Gasteiger partial charge is 0.497 e. The number of hydrogen-bond donors (Lipinski definition) is 1. The van der Waals surface area contributed by atoms with Crippen molar-refractivity contribution in [3.8, 4) is 5.75 Å². The lowest BCUT2D eigenvalue weighted by atomic mass is 10.1. The van der Waals surface area contributed by atoms with Crippen LogP contribution in [0.3, 0.4) is 0 Å². The van der Waals surface area contributed by atoms with Crippen molar-refractivity contribution in [3.63, 3.8) is 0 Å². The summed E-state index contributed by atoms with van der Waals surface area (Å²) in [6, 6.07) is 14.1. The zero-order valence-electron chi connectivity index (χ0n) is 11.7. The molecule has 2 aromatic rings. The normalized spacial score (nSPS) is 10.3. The van der Waals surface area contributed by atoms with E-state index in [1.54, 1.807) is 7.11 Å². The molecule has 0 aliphatic rings. The van der Waals surface area contributed by atoms with Gasteiger partial charge in [0.15, 0.2) is 0 Å². The maximum atomic E-state index is 5.95. The molecule has 3 heteroatoms. The van der Waals surface area contributed by atoms with Gasteiger partial charge in [-0.3, -0.25) is 0 Å². The number of benzene rings is 2. The predicted molar refractivity (Wildman–Crippen MR) is 80.7 cm³/mol. The van der Waals surface area contributed by atoms with Crippen molar-refractivity contribution in [3.05, 3.63) is 53.6 Å². The molecule has 0 unspecified atom stereocenters. The molecule has 2 aromatic carbocycles. The van der Waals surface area contributed by atoms with Crippen LogP contribution in [-0.2, 0) is 6.54 Å². The van der Waals surface area contributed by atoms with Crippen molar-refractivity contribution in [1.29, 1.82) is 0 Å². The van der Waals surface area contributed by atoms with E-state index in [4.69, 9.17) is 10.5 Å². The summed E-state index contributed by atoms with van der Waals surface area (Å²) in [5.74, 6) is 0.884. The highest BCUT2D eigenvalue weighted by molar-refractivity contribution is 5.63. The van der Waals surface area contributed by atoms with Crippen molar-refractivity contribution in [2.45, 2.75) is 13.5 Å². The van der Waals surface area contributed by atoms with Crippen molar-refractivity contribution in [1.82, 2.24) is 0 Å². The van der Waals surface area contributed by atoms with Gasteiger partial charge in [0.2, 0.25) is 0 Å². The zero-order chi connectivity index (χ0) is 13.8. The van der Waals surface area contributed by atoms with Gasteiger partial charge in [-0.15, -0.1) is 0 Å². The molecular formula is C16H20N2O. The molecule has 0 heterocycles. The SMILES string of the molecule is COc1cccc(CN(C)c2cccc(N)c2C)c1. The highest BCUT2D eigenvalue weighted by Crippen LogP contribution is 2.25. The Morgan fingerprint density at radius 2 is 1.89 bits per heavy atom. The molecule has 19 heavy (non-hydrogen) atoms. The topological polar surface area (TPSA) is 38.5 Å². The van der Waals surface area contributed by atoms with Crippen LogP contribution in [-0.4, -0.2) is 14.2 Å². The Morgan fingerprint density at radius 1 is 1.16 bits per heavy atom. The van der Waals surface area contributed by atoms with Gasteiger partial charge in [0.05, 0.1) is 7.11 Å². The molecule has 0 bridgehead atoms. The van der Waals surface area contributed by atoms with Gasteiger partial charge < -0.3 is 15.4 Å². The smallest absolute Gasteiger partial charge is 0.119 e. The summed E-state index contributed by atoms with van der Waals surface area (Å²) in [6.07, 6.45) is 0. The van der Waals surface area contributed by atoms with E-state index in [-0.39, 0.29) is 0 Å². The van der Waals surface area contributed by atoms with Crippen LogP contribution in [0.5, 0.6) is 5.75 Å². The first-order chi connectivity index (χ1) is 9.11. The van der Waals surface area contributed by atoms with Crippen molar-refractivity contribution in [2.24, 2.45) is 0 Å². The van der Waals surface area contributed by atoms with Crippen molar-refractivity contribution >= 4 is 11.4 Å². The summed E-state index contributed by atoms with van der Waals surface area (Å²) in [5.41, 5.74) is 10.3. The number of rotatable bonds is 4. The molecule has 100 valence electrons. The molecular weight excluding hydrogens is 236 g/mol. The lowest BCUT2D eigenvalue weighted by Crippen LogP contribution is -2.17. The molecule has 0 saturated carbocycles. The first kappa shape index (κ1) is 13.3. The standard InChI is InChI=1S/C16H20N2O/c1-12-15(17)8-5-9-16(12)18(2)11-13-6-4-7-14(10-13)19-3/h4-10H,11,17H2,1-3H3. The number of nitrogens with zero attached hydrogens (tertiary/aromatic N) is 1. The van der Waals surface area contributed by atoms with Gasteiger partial charge in [-0.1, -0.05) is 18.2 Å². The second kappa shape index (κ2) is 5.65. The molecule has 0 spiro atoms. The number of nitrogens with two attached hydrogens (primary N) is 1. The minimum atomic E-state index is 0.821. The number of anilines is 2. The fraction of sp³-hybridized carbons (Fsp3) is 0.250. The Labute approximate surface area is 114 Å². The highest BCUT2D eigenvalue weighted by Gasteiger charge is 2.07. The molecule has 0 amide bonds.